The summed E-state index contributed by atoms with van der Waals surface area (Å²) in [6.45, 7) is 0. The van der Waals surface area contributed by atoms with Crippen LogP contribution in [0.15, 0.2) is 12.3 Å². The fourth-order valence-corrected chi connectivity index (χ4v) is 2.53. The standard InChI is InChI=1S/C12H14ClN3O4/c13-10-5-9(16(19)20)6-14-11(10)15-8-3-1-7(2-4-8)12(17)18/h5-8H,1-4H2,(H,14,15)(H,17,18). The quantitative estimate of drug-likeness (QED) is 0.654. The maximum Gasteiger partial charge on any atom is 0.306 e. The zero-order chi connectivity index (χ0) is 14.7. The smallest absolute Gasteiger partial charge is 0.306 e. The molecule has 0 unspecified atom stereocenters. The molecule has 0 aliphatic heterocycles. The number of carboxylic acids is 1. The maximum atomic E-state index is 10.9. The molecule has 0 saturated heterocycles. The second-order valence-electron chi connectivity index (χ2n) is 4.81. The summed E-state index contributed by atoms with van der Waals surface area (Å²) in [5.41, 5.74) is -0.157. The Morgan fingerprint density at radius 2 is 2.10 bits per heavy atom. The molecule has 20 heavy (non-hydrogen) atoms. The lowest BCUT2D eigenvalue weighted by Gasteiger charge is -2.27. The highest BCUT2D eigenvalue weighted by atomic mass is 35.5. The van der Waals surface area contributed by atoms with Crippen molar-refractivity contribution in [3.05, 3.63) is 27.4 Å². The van der Waals surface area contributed by atoms with Crippen LogP contribution >= 0.6 is 11.6 Å². The Morgan fingerprint density at radius 1 is 1.45 bits per heavy atom. The van der Waals surface area contributed by atoms with E-state index in [9.17, 15) is 14.9 Å². The number of carbonyl (C=O) groups is 1. The van der Waals surface area contributed by atoms with Gasteiger partial charge in [0.15, 0.2) is 0 Å². The Hall–Kier alpha value is -1.89. The van der Waals surface area contributed by atoms with Gasteiger partial charge in [0.05, 0.1) is 15.9 Å². The molecule has 1 heterocycles. The molecule has 1 aliphatic rings. The molecule has 2 N–H and O–H groups in total. The third-order valence-corrected chi connectivity index (χ3v) is 3.74. The minimum absolute atomic E-state index is 0.0945. The molecule has 1 aromatic rings. The Balaban J connectivity index is 1.98. The molecule has 1 fully saturated rings. The summed E-state index contributed by atoms with van der Waals surface area (Å²) in [5.74, 6) is -0.640. The summed E-state index contributed by atoms with van der Waals surface area (Å²) < 4.78 is 0. The fraction of sp³-hybridized carbons (Fsp3) is 0.500. The topological polar surface area (TPSA) is 105 Å². The highest BCUT2D eigenvalue weighted by molar-refractivity contribution is 6.33. The van der Waals surface area contributed by atoms with E-state index in [1.54, 1.807) is 0 Å². The van der Waals surface area contributed by atoms with Crippen molar-refractivity contribution in [3.63, 3.8) is 0 Å². The largest absolute Gasteiger partial charge is 0.481 e. The number of nitrogens with one attached hydrogen (secondary N) is 1. The molecular weight excluding hydrogens is 286 g/mol. The van der Waals surface area contributed by atoms with Crippen LogP contribution in [0.4, 0.5) is 11.5 Å². The van der Waals surface area contributed by atoms with E-state index >= 15 is 0 Å². The van der Waals surface area contributed by atoms with Crippen molar-refractivity contribution < 1.29 is 14.8 Å². The van der Waals surface area contributed by atoms with Crippen LogP contribution in [0.2, 0.25) is 5.02 Å². The van der Waals surface area contributed by atoms with Gasteiger partial charge in [-0.2, -0.15) is 0 Å². The molecule has 1 saturated carbocycles. The number of hydrogen-bond acceptors (Lipinski definition) is 5. The van der Waals surface area contributed by atoms with Crippen LogP contribution in [0.3, 0.4) is 0 Å². The summed E-state index contributed by atoms with van der Waals surface area (Å²) >= 11 is 5.95. The van der Waals surface area contributed by atoms with Crippen molar-refractivity contribution >= 4 is 29.1 Å². The lowest BCUT2D eigenvalue weighted by molar-refractivity contribution is -0.385. The molecule has 0 atom stereocenters. The van der Waals surface area contributed by atoms with E-state index < -0.39 is 10.9 Å². The SMILES string of the molecule is O=C(O)C1CCC(Nc2ncc([N+](=O)[O-])cc2Cl)CC1. The second kappa shape index (κ2) is 6.04. The molecule has 8 heteroatoms. The lowest BCUT2D eigenvalue weighted by Crippen LogP contribution is -2.29. The summed E-state index contributed by atoms with van der Waals surface area (Å²) in [7, 11) is 0. The van der Waals surface area contributed by atoms with Crippen molar-refractivity contribution in [3.8, 4) is 0 Å². The highest BCUT2D eigenvalue weighted by Gasteiger charge is 2.26. The molecule has 2 rings (SSSR count). The number of anilines is 1. The van der Waals surface area contributed by atoms with Gasteiger partial charge in [-0.3, -0.25) is 14.9 Å². The number of aliphatic carboxylic acids is 1. The lowest BCUT2D eigenvalue weighted by atomic mass is 9.86. The van der Waals surface area contributed by atoms with Gasteiger partial charge in [0.1, 0.15) is 12.0 Å². The van der Waals surface area contributed by atoms with Crippen LogP contribution in [0.1, 0.15) is 25.7 Å². The predicted molar refractivity (Wildman–Crippen MR) is 72.9 cm³/mol. The van der Waals surface area contributed by atoms with Crippen LogP contribution in [-0.2, 0) is 4.79 Å². The summed E-state index contributed by atoms with van der Waals surface area (Å²) in [6.07, 6.45) is 3.80. The maximum absolute atomic E-state index is 10.9. The third-order valence-electron chi connectivity index (χ3n) is 3.45. The first-order valence-electron chi connectivity index (χ1n) is 6.26. The summed E-state index contributed by atoms with van der Waals surface area (Å²) in [4.78, 5) is 24.8. The molecule has 0 bridgehead atoms. The van der Waals surface area contributed by atoms with Gasteiger partial charge in [0, 0.05) is 12.1 Å². The van der Waals surface area contributed by atoms with E-state index in [-0.39, 0.29) is 22.7 Å². The van der Waals surface area contributed by atoms with Crippen molar-refractivity contribution in [1.82, 2.24) is 4.98 Å². The Labute approximate surface area is 120 Å². The molecule has 1 aliphatic carbocycles. The van der Waals surface area contributed by atoms with Crippen LogP contribution in [-0.4, -0.2) is 27.0 Å². The third kappa shape index (κ3) is 3.36. The molecule has 7 nitrogen and oxygen atoms in total. The number of carboxylic acid groups (broad SMARTS) is 1. The van der Waals surface area contributed by atoms with E-state index in [0.29, 0.717) is 31.5 Å². The van der Waals surface area contributed by atoms with E-state index in [4.69, 9.17) is 16.7 Å². The van der Waals surface area contributed by atoms with Gasteiger partial charge in [-0.15, -0.1) is 0 Å². The van der Waals surface area contributed by atoms with Crippen molar-refractivity contribution in [2.45, 2.75) is 31.7 Å². The zero-order valence-electron chi connectivity index (χ0n) is 10.6. The minimum Gasteiger partial charge on any atom is -0.481 e. The van der Waals surface area contributed by atoms with Crippen LogP contribution < -0.4 is 5.32 Å². The average Bonchev–Trinajstić information content (AvgIpc) is 2.41. The van der Waals surface area contributed by atoms with Gasteiger partial charge < -0.3 is 10.4 Å². The Bertz CT molecular complexity index is 529. The number of halogens is 1. The molecule has 0 spiro atoms. The first kappa shape index (κ1) is 14.5. The van der Waals surface area contributed by atoms with Crippen LogP contribution in [0.5, 0.6) is 0 Å². The second-order valence-corrected chi connectivity index (χ2v) is 5.22. The Morgan fingerprint density at radius 3 is 2.60 bits per heavy atom. The fourth-order valence-electron chi connectivity index (χ4n) is 2.31. The van der Waals surface area contributed by atoms with Gasteiger partial charge in [0.2, 0.25) is 0 Å². The number of nitrogens with zero attached hydrogens (tertiary/aromatic N) is 2. The first-order valence-corrected chi connectivity index (χ1v) is 6.64. The van der Waals surface area contributed by atoms with Gasteiger partial charge in [0.25, 0.3) is 5.69 Å². The highest BCUT2D eigenvalue weighted by Crippen LogP contribution is 2.29. The normalized spacial score (nSPS) is 22.2. The number of aromatic nitrogens is 1. The predicted octanol–water partition coefficient (Wildman–Crippen LogP) is 2.70. The number of hydrogen-bond donors (Lipinski definition) is 2. The van der Waals surface area contributed by atoms with Gasteiger partial charge >= 0.3 is 5.97 Å². The van der Waals surface area contributed by atoms with E-state index in [1.165, 1.54) is 6.07 Å². The minimum atomic E-state index is -0.755. The first-order chi connectivity index (χ1) is 9.47. The monoisotopic (exact) mass is 299 g/mol. The van der Waals surface area contributed by atoms with E-state index in [2.05, 4.69) is 10.3 Å². The molecule has 0 radical (unpaired) electrons. The molecular formula is C12H14ClN3O4. The number of rotatable bonds is 4. The van der Waals surface area contributed by atoms with Gasteiger partial charge in [-0.05, 0) is 25.7 Å². The number of nitro groups is 1. The molecule has 0 amide bonds. The zero-order valence-corrected chi connectivity index (χ0v) is 11.3. The molecule has 0 aromatic carbocycles. The van der Waals surface area contributed by atoms with Crippen molar-refractivity contribution in [2.75, 3.05) is 5.32 Å². The van der Waals surface area contributed by atoms with Crippen LogP contribution in [0, 0.1) is 16.0 Å². The molecule has 1 aromatic heterocycles. The summed E-state index contributed by atoms with van der Waals surface area (Å²) in [5, 5.41) is 22.8. The van der Waals surface area contributed by atoms with Gasteiger partial charge in [-0.1, -0.05) is 11.6 Å². The van der Waals surface area contributed by atoms with Crippen LogP contribution in [0.25, 0.3) is 0 Å². The van der Waals surface area contributed by atoms with E-state index in [1.807, 2.05) is 0 Å². The van der Waals surface area contributed by atoms with Crippen molar-refractivity contribution in [1.29, 1.82) is 0 Å². The van der Waals surface area contributed by atoms with Crippen molar-refractivity contribution in [2.24, 2.45) is 5.92 Å². The summed E-state index contributed by atoms with van der Waals surface area (Å²) in [6, 6.07) is 1.34. The van der Waals surface area contributed by atoms with Gasteiger partial charge in [-0.25, -0.2) is 4.98 Å². The average molecular weight is 300 g/mol. The van der Waals surface area contributed by atoms with E-state index in [0.717, 1.165) is 6.20 Å². The number of pyridine rings is 1. The Kier molecular flexibility index (Phi) is 4.39. The molecule has 108 valence electrons.